The molecule has 2 unspecified atom stereocenters. The molecule has 3 aliphatic rings. The fourth-order valence-corrected chi connectivity index (χ4v) is 6.79. The van der Waals surface area contributed by atoms with Crippen LogP contribution < -0.4 is 10.6 Å². The zero-order valence-electron chi connectivity index (χ0n) is 21.7. The van der Waals surface area contributed by atoms with E-state index in [0.29, 0.717) is 31.4 Å². The molecule has 0 saturated carbocycles. The van der Waals surface area contributed by atoms with E-state index in [1.807, 2.05) is 52.8 Å². The lowest BCUT2D eigenvalue weighted by Crippen LogP contribution is -2.56. The number of aliphatic hydroxyl groups excluding tert-OH is 1. The van der Waals surface area contributed by atoms with Crippen LogP contribution in [0.3, 0.4) is 0 Å². The second-order valence-corrected chi connectivity index (χ2v) is 11.0. The van der Waals surface area contributed by atoms with Crippen LogP contribution in [-0.4, -0.2) is 64.7 Å². The number of aryl methyl sites for hydroxylation is 2. The molecule has 0 radical (unpaired) electrons. The molecule has 1 spiro atoms. The number of benzene rings is 1. The standard InChI is InChI=1S/C27H39N3O5/c1-7-26-10-11-27(35-26)21(20(26)23(32)28-6)25(34)30(18(14-31)12-15(2)3)22(27)24(33)29-19-13-16(4)8-9-17(19)5/h8-9,13,15,18,20-22,31H,7,10-12,14H2,1-6H3,(H,28,32)(H,29,33)/t18-,20+,21+,22?,26-,27?/m1/s1. The second kappa shape index (κ2) is 9.21. The summed E-state index contributed by atoms with van der Waals surface area (Å²) >= 11 is 0. The van der Waals surface area contributed by atoms with Crippen LogP contribution in [0.4, 0.5) is 5.69 Å². The van der Waals surface area contributed by atoms with Crippen molar-refractivity contribution in [1.29, 1.82) is 0 Å². The summed E-state index contributed by atoms with van der Waals surface area (Å²) < 4.78 is 6.72. The van der Waals surface area contributed by atoms with Crippen LogP contribution in [0.15, 0.2) is 18.2 Å². The molecule has 3 saturated heterocycles. The number of likely N-dealkylation sites (tertiary alicyclic amines) is 1. The number of hydrogen-bond acceptors (Lipinski definition) is 5. The van der Waals surface area contributed by atoms with E-state index in [1.54, 1.807) is 11.9 Å². The summed E-state index contributed by atoms with van der Waals surface area (Å²) in [4.78, 5) is 42.8. The maximum absolute atomic E-state index is 14.1. The van der Waals surface area contributed by atoms with Gasteiger partial charge in [-0.3, -0.25) is 14.4 Å². The van der Waals surface area contributed by atoms with Crippen LogP contribution in [0.5, 0.6) is 0 Å². The number of carbonyl (C=O) groups is 3. The van der Waals surface area contributed by atoms with Crippen LogP contribution in [0, 0.1) is 31.6 Å². The average Bonchev–Trinajstić information content (AvgIpc) is 3.42. The first-order valence-electron chi connectivity index (χ1n) is 12.8. The van der Waals surface area contributed by atoms with E-state index in [0.717, 1.165) is 11.1 Å². The van der Waals surface area contributed by atoms with Gasteiger partial charge in [-0.05, 0) is 62.6 Å². The number of aliphatic hydroxyl groups is 1. The van der Waals surface area contributed by atoms with Gasteiger partial charge in [-0.25, -0.2) is 0 Å². The molecule has 8 heteroatoms. The lowest BCUT2D eigenvalue weighted by Gasteiger charge is -2.38. The highest BCUT2D eigenvalue weighted by atomic mass is 16.5. The molecule has 192 valence electrons. The topological polar surface area (TPSA) is 108 Å². The summed E-state index contributed by atoms with van der Waals surface area (Å²) in [7, 11) is 1.57. The van der Waals surface area contributed by atoms with E-state index < -0.39 is 35.1 Å². The molecular weight excluding hydrogens is 446 g/mol. The molecule has 8 nitrogen and oxygen atoms in total. The Morgan fingerprint density at radius 2 is 1.94 bits per heavy atom. The number of nitrogens with one attached hydrogen (secondary N) is 2. The Morgan fingerprint density at radius 1 is 1.23 bits per heavy atom. The second-order valence-electron chi connectivity index (χ2n) is 11.0. The van der Waals surface area contributed by atoms with Crippen molar-refractivity contribution in [2.45, 2.75) is 83.6 Å². The van der Waals surface area contributed by atoms with Crippen molar-refractivity contribution in [3.63, 3.8) is 0 Å². The molecule has 4 rings (SSSR count). The van der Waals surface area contributed by atoms with Gasteiger partial charge in [-0.2, -0.15) is 0 Å². The molecular formula is C27H39N3O5. The van der Waals surface area contributed by atoms with Crippen molar-refractivity contribution in [1.82, 2.24) is 10.2 Å². The smallest absolute Gasteiger partial charge is 0.250 e. The Bertz CT molecular complexity index is 1030. The van der Waals surface area contributed by atoms with Gasteiger partial charge in [0.15, 0.2) is 0 Å². The lowest BCUT2D eigenvalue weighted by atomic mass is 9.65. The van der Waals surface area contributed by atoms with Crippen molar-refractivity contribution >= 4 is 23.4 Å². The highest BCUT2D eigenvalue weighted by Crippen LogP contribution is 2.64. The third kappa shape index (κ3) is 3.85. The predicted octanol–water partition coefficient (Wildman–Crippen LogP) is 2.55. The maximum atomic E-state index is 14.1. The van der Waals surface area contributed by atoms with Crippen LogP contribution in [0.25, 0.3) is 0 Å². The number of hydrogen-bond donors (Lipinski definition) is 3. The first-order chi connectivity index (χ1) is 16.5. The van der Waals surface area contributed by atoms with E-state index >= 15 is 0 Å². The van der Waals surface area contributed by atoms with E-state index in [-0.39, 0.29) is 30.2 Å². The van der Waals surface area contributed by atoms with Gasteiger partial charge < -0.3 is 25.4 Å². The van der Waals surface area contributed by atoms with Crippen LogP contribution >= 0.6 is 0 Å². The number of nitrogens with zero attached hydrogens (tertiary/aromatic N) is 1. The molecule has 0 aliphatic carbocycles. The van der Waals surface area contributed by atoms with Crippen molar-refractivity contribution in [2.24, 2.45) is 17.8 Å². The molecule has 2 bridgehead atoms. The molecule has 3 amide bonds. The highest BCUT2D eigenvalue weighted by molar-refractivity contribution is 6.04. The summed E-state index contributed by atoms with van der Waals surface area (Å²) in [5.74, 6) is -2.05. The van der Waals surface area contributed by atoms with Crippen molar-refractivity contribution in [2.75, 3.05) is 19.0 Å². The van der Waals surface area contributed by atoms with Crippen LogP contribution in [0.1, 0.15) is 57.6 Å². The van der Waals surface area contributed by atoms with Gasteiger partial charge in [0, 0.05) is 12.7 Å². The molecule has 1 aromatic carbocycles. The molecule has 3 fully saturated rings. The Balaban J connectivity index is 1.82. The average molecular weight is 486 g/mol. The van der Waals surface area contributed by atoms with Gasteiger partial charge in [-0.1, -0.05) is 32.9 Å². The molecule has 1 aromatic rings. The van der Waals surface area contributed by atoms with Crippen molar-refractivity contribution in [3.8, 4) is 0 Å². The van der Waals surface area contributed by atoms with Crippen molar-refractivity contribution < 1.29 is 24.2 Å². The van der Waals surface area contributed by atoms with Gasteiger partial charge >= 0.3 is 0 Å². The van der Waals surface area contributed by atoms with Gasteiger partial charge in [0.2, 0.25) is 17.7 Å². The minimum absolute atomic E-state index is 0.203. The van der Waals surface area contributed by atoms with E-state index in [1.165, 1.54) is 0 Å². The highest BCUT2D eigenvalue weighted by Gasteiger charge is 2.79. The zero-order chi connectivity index (χ0) is 25.7. The molecule has 0 aromatic heterocycles. The summed E-state index contributed by atoms with van der Waals surface area (Å²) in [6, 6.07) is 4.37. The largest absolute Gasteiger partial charge is 0.394 e. The van der Waals surface area contributed by atoms with Gasteiger partial charge in [0.25, 0.3) is 0 Å². The molecule has 6 atom stereocenters. The fraction of sp³-hybridized carbons (Fsp3) is 0.667. The van der Waals surface area contributed by atoms with Gasteiger partial charge in [0.1, 0.15) is 11.6 Å². The monoisotopic (exact) mass is 485 g/mol. The number of carbonyl (C=O) groups excluding carboxylic acids is 3. The third-order valence-electron chi connectivity index (χ3n) is 8.39. The summed E-state index contributed by atoms with van der Waals surface area (Å²) in [5, 5.41) is 16.1. The number of amides is 3. The number of rotatable bonds is 8. The Kier molecular flexibility index (Phi) is 6.74. The summed E-state index contributed by atoms with van der Waals surface area (Å²) in [5.41, 5.74) is 0.747. The Labute approximate surface area is 207 Å². The first-order valence-corrected chi connectivity index (χ1v) is 12.8. The SMILES string of the molecule is CC[C@]12CCC3(O1)C(C(=O)Nc1cc(C)ccc1C)N([C@@H](CO)CC(C)C)C(=O)[C@@H]3[C@H]2C(=O)NC. The summed E-state index contributed by atoms with van der Waals surface area (Å²) in [6.07, 6.45) is 2.26. The predicted molar refractivity (Wildman–Crippen MR) is 133 cm³/mol. The molecule has 3 heterocycles. The first kappa shape index (κ1) is 25.6. The number of fused-ring (bicyclic) bond motifs is 1. The van der Waals surface area contributed by atoms with Crippen LogP contribution in [0.2, 0.25) is 0 Å². The molecule has 3 aliphatic heterocycles. The van der Waals surface area contributed by atoms with Gasteiger partial charge in [-0.15, -0.1) is 0 Å². The number of anilines is 1. The quantitative estimate of drug-likeness (QED) is 0.525. The lowest BCUT2D eigenvalue weighted by molar-refractivity contribution is -0.149. The van der Waals surface area contributed by atoms with Crippen molar-refractivity contribution in [3.05, 3.63) is 29.3 Å². The Morgan fingerprint density at radius 3 is 2.54 bits per heavy atom. The normalized spacial score (nSPS) is 32.2. The van der Waals surface area contributed by atoms with Gasteiger partial charge in [0.05, 0.1) is 30.1 Å². The maximum Gasteiger partial charge on any atom is 0.250 e. The minimum Gasteiger partial charge on any atom is -0.394 e. The Hall–Kier alpha value is -2.45. The molecule has 35 heavy (non-hydrogen) atoms. The van der Waals surface area contributed by atoms with Crippen LogP contribution in [-0.2, 0) is 19.1 Å². The van der Waals surface area contributed by atoms with E-state index in [9.17, 15) is 19.5 Å². The van der Waals surface area contributed by atoms with E-state index in [4.69, 9.17) is 4.74 Å². The van der Waals surface area contributed by atoms with E-state index in [2.05, 4.69) is 10.6 Å². The number of ether oxygens (including phenoxy) is 1. The fourth-order valence-electron chi connectivity index (χ4n) is 6.79. The minimum atomic E-state index is -1.10. The molecule has 3 N–H and O–H groups in total. The summed E-state index contributed by atoms with van der Waals surface area (Å²) in [6.45, 7) is 9.64. The zero-order valence-corrected chi connectivity index (χ0v) is 21.7. The third-order valence-corrected chi connectivity index (χ3v) is 8.39.